The molecule has 1 saturated carbocycles. The molecule has 0 radical (unpaired) electrons. The molecule has 1 unspecified atom stereocenters. The molecule has 2 aliphatic rings. The predicted molar refractivity (Wildman–Crippen MR) is 84.8 cm³/mol. The molecule has 0 aromatic heterocycles. The molecule has 2 nitrogen and oxygen atoms in total. The fraction of sp³-hybridized carbons (Fsp3) is 0.556. The van der Waals surface area contributed by atoms with Crippen molar-refractivity contribution in [2.45, 2.75) is 50.5 Å². The van der Waals surface area contributed by atoms with Crippen molar-refractivity contribution in [1.82, 2.24) is 5.32 Å². The van der Waals surface area contributed by atoms with Crippen molar-refractivity contribution in [1.29, 1.82) is 0 Å². The molecule has 2 heteroatoms. The minimum atomic E-state index is 0.302. The van der Waals surface area contributed by atoms with Gasteiger partial charge in [0, 0.05) is 12.6 Å². The van der Waals surface area contributed by atoms with Crippen LogP contribution in [0.15, 0.2) is 35.9 Å². The first-order valence-electron chi connectivity index (χ1n) is 8.08. The summed E-state index contributed by atoms with van der Waals surface area (Å²) in [7, 11) is 0. The maximum Gasteiger partial charge on any atom is 0.0444 e. The molecule has 20 heavy (non-hydrogen) atoms. The second-order valence-electron chi connectivity index (χ2n) is 6.19. The van der Waals surface area contributed by atoms with Gasteiger partial charge in [0.1, 0.15) is 0 Å². The van der Waals surface area contributed by atoms with Crippen molar-refractivity contribution < 1.29 is 0 Å². The highest BCUT2D eigenvalue weighted by Crippen LogP contribution is 2.40. The summed E-state index contributed by atoms with van der Waals surface area (Å²) in [5, 5.41) is 3.63. The standard InChI is InChI=1S/C18H26N2/c19-13-18(20-11-10-14-4-1-2-5-14)17-7-3-6-16(12-17)15-8-9-15/h3-4,6-7,12,15,18,20H,1-2,5,8-11,13,19H2. The number of nitrogens with one attached hydrogen (secondary N) is 1. The average molecular weight is 270 g/mol. The lowest BCUT2D eigenvalue weighted by atomic mass is 10.0. The molecule has 0 amide bonds. The summed E-state index contributed by atoms with van der Waals surface area (Å²) in [6.07, 6.45) is 10.2. The topological polar surface area (TPSA) is 38.0 Å². The van der Waals surface area contributed by atoms with Gasteiger partial charge in [0.25, 0.3) is 0 Å². The van der Waals surface area contributed by atoms with Crippen LogP contribution in [-0.2, 0) is 0 Å². The van der Waals surface area contributed by atoms with Crippen molar-refractivity contribution in [2.75, 3.05) is 13.1 Å². The van der Waals surface area contributed by atoms with Crippen molar-refractivity contribution in [3.8, 4) is 0 Å². The van der Waals surface area contributed by atoms with E-state index in [2.05, 4.69) is 35.7 Å². The maximum absolute atomic E-state index is 5.96. The van der Waals surface area contributed by atoms with E-state index < -0.39 is 0 Å². The van der Waals surface area contributed by atoms with Crippen molar-refractivity contribution in [3.05, 3.63) is 47.0 Å². The molecule has 1 aromatic rings. The van der Waals surface area contributed by atoms with Crippen molar-refractivity contribution >= 4 is 0 Å². The third kappa shape index (κ3) is 3.50. The number of hydrogen-bond donors (Lipinski definition) is 2. The van der Waals surface area contributed by atoms with Crippen LogP contribution in [-0.4, -0.2) is 13.1 Å². The normalized spacial score (nSPS) is 19.9. The van der Waals surface area contributed by atoms with Gasteiger partial charge in [-0.15, -0.1) is 0 Å². The van der Waals surface area contributed by atoms with E-state index in [4.69, 9.17) is 5.73 Å². The highest BCUT2D eigenvalue weighted by atomic mass is 14.9. The van der Waals surface area contributed by atoms with Crippen molar-refractivity contribution in [2.24, 2.45) is 5.73 Å². The fourth-order valence-corrected chi connectivity index (χ4v) is 3.16. The van der Waals surface area contributed by atoms with Crippen LogP contribution in [0.5, 0.6) is 0 Å². The Morgan fingerprint density at radius 3 is 2.90 bits per heavy atom. The number of nitrogens with two attached hydrogens (primary N) is 1. The summed E-state index contributed by atoms with van der Waals surface area (Å²) >= 11 is 0. The number of allylic oxidation sites excluding steroid dienone is 1. The highest BCUT2D eigenvalue weighted by molar-refractivity contribution is 5.31. The fourth-order valence-electron chi connectivity index (χ4n) is 3.16. The molecule has 108 valence electrons. The van der Waals surface area contributed by atoms with Crippen LogP contribution in [0.3, 0.4) is 0 Å². The second kappa shape index (κ2) is 6.55. The zero-order valence-corrected chi connectivity index (χ0v) is 12.3. The number of benzene rings is 1. The van der Waals surface area contributed by atoms with E-state index in [9.17, 15) is 0 Å². The average Bonchev–Trinajstić information content (AvgIpc) is 3.21. The summed E-state index contributed by atoms with van der Waals surface area (Å²) in [6.45, 7) is 1.72. The van der Waals surface area contributed by atoms with E-state index in [1.165, 1.54) is 49.7 Å². The molecule has 2 aliphatic carbocycles. The van der Waals surface area contributed by atoms with Gasteiger partial charge < -0.3 is 11.1 Å². The molecule has 3 rings (SSSR count). The Morgan fingerprint density at radius 2 is 2.20 bits per heavy atom. The Balaban J connectivity index is 1.56. The number of rotatable bonds is 7. The SMILES string of the molecule is NCC(NCCC1=CCCC1)c1cccc(C2CC2)c1. The van der Waals surface area contributed by atoms with Crippen LogP contribution in [0, 0.1) is 0 Å². The Hall–Kier alpha value is -1.12. The molecule has 1 fully saturated rings. The quantitative estimate of drug-likeness (QED) is 0.742. The Kier molecular flexibility index (Phi) is 4.54. The molecular formula is C18H26N2. The van der Waals surface area contributed by atoms with Gasteiger partial charge >= 0.3 is 0 Å². The van der Waals surface area contributed by atoms with E-state index >= 15 is 0 Å². The van der Waals surface area contributed by atoms with Gasteiger partial charge in [0.2, 0.25) is 0 Å². The molecule has 3 N–H and O–H groups in total. The lowest BCUT2D eigenvalue weighted by Crippen LogP contribution is -2.29. The first-order chi connectivity index (χ1) is 9.86. The van der Waals surface area contributed by atoms with Crippen LogP contribution in [0.4, 0.5) is 0 Å². The Bertz CT molecular complexity index is 474. The largest absolute Gasteiger partial charge is 0.329 e. The first kappa shape index (κ1) is 13.8. The van der Waals surface area contributed by atoms with E-state index in [0.29, 0.717) is 12.6 Å². The third-order valence-corrected chi connectivity index (χ3v) is 4.57. The first-order valence-corrected chi connectivity index (χ1v) is 8.08. The van der Waals surface area contributed by atoms with E-state index in [1.807, 2.05) is 0 Å². The molecule has 0 heterocycles. The van der Waals surface area contributed by atoms with Gasteiger partial charge in [-0.3, -0.25) is 0 Å². The van der Waals surface area contributed by atoms with Gasteiger partial charge in [0.15, 0.2) is 0 Å². The number of hydrogen-bond acceptors (Lipinski definition) is 2. The summed E-state index contributed by atoms with van der Waals surface area (Å²) in [6, 6.07) is 9.32. The van der Waals surface area contributed by atoms with E-state index in [0.717, 1.165) is 12.5 Å². The molecule has 0 bridgehead atoms. The van der Waals surface area contributed by atoms with Crippen LogP contribution < -0.4 is 11.1 Å². The third-order valence-electron chi connectivity index (χ3n) is 4.57. The van der Waals surface area contributed by atoms with Crippen molar-refractivity contribution in [3.63, 3.8) is 0 Å². The minimum absolute atomic E-state index is 0.302. The zero-order chi connectivity index (χ0) is 13.8. The second-order valence-corrected chi connectivity index (χ2v) is 6.19. The minimum Gasteiger partial charge on any atom is -0.329 e. The molecule has 1 atom stereocenters. The van der Waals surface area contributed by atoms with Gasteiger partial charge in [-0.1, -0.05) is 35.9 Å². The summed E-state index contributed by atoms with van der Waals surface area (Å²) in [5.41, 5.74) is 10.4. The lowest BCUT2D eigenvalue weighted by molar-refractivity contribution is 0.542. The predicted octanol–water partition coefficient (Wildman–Crippen LogP) is 3.65. The summed E-state index contributed by atoms with van der Waals surface area (Å²) < 4.78 is 0. The van der Waals surface area contributed by atoms with Crippen LogP contribution in [0.2, 0.25) is 0 Å². The van der Waals surface area contributed by atoms with Gasteiger partial charge in [-0.05, 0) is 62.1 Å². The van der Waals surface area contributed by atoms with Gasteiger partial charge in [-0.25, -0.2) is 0 Å². The zero-order valence-electron chi connectivity index (χ0n) is 12.3. The lowest BCUT2D eigenvalue weighted by Gasteiger charge is -2.18. The Labute approximate surface area is 122 Å². The maximum atomic E-state index is 5.96. The van der Waals surface area contributed by atoms with Gasteiger partial charge in [0.05, 0.1) is 0 Å². The van der Waals surface area contributed by atoms with E-state index in [-0.39, 0.29) is 0 Å². The van der Waals surface area contributed by atoms with Crippen LogP contribution in [0.1, 0.15) is 61.6 Å². The summed E-state index contributed by atoms with van der Waals surface area (Å²) in [5.74, 6) is 0.817. The van der Waals surface area contributed by atoms with Crippen LogP contribution >= 0.6 is 0 Å². The van der Waals surface area contributed by atoms with Crippen LogP contribution in [0.25, 0.3) is 0 Å². The molecule has 1 aromatic carbocycles. The molecule has 0 saturated heterocycles. The smallest absolute Gasteiger partial charge is 0.0444 e. The highest BCUT2D eigenvalue weighted by Gasteiger charge is 2.24. The molecule has 0 aliphatic heterocycles. The molecular weight excluding hydrogens is 244 g/mol. The van der Waals surface area contributed by atoms with E-state index in [1.54, 1.807) is 5.57 Å². The monoisotopic (exact) mass is 270 g/mol. The molecule has 0 spiro atoms. The van der Waals surface area contributed by atoms with Gasteiger partial charge in [-0.2, -0.15) is 0 Å². The summed E-state index contributed by atoms with van der Waals surface area (Å²) in [4.78, 5) is 0. The Morgan fingerprint density at radius 1 is 1.30 bits per heavy atom.